The third-order valence-electron chi connectivity index (χ3n) is 3.67. The molecular weight excluding hydrogens is 280 g/mol. The molecule has 0 saturated carbocycles. The summed E-state index contributed by atoms with van der Waals surface area (Å²) in [5.41, 5.74) is 2.07. The highest BCUT2D eigenvalue weighted by Crippen LogP contribution is 2.38. The predicted octanol–water partition coefficient (Wildman–Crippen LogP) is 2.74. The average molecular weight is 296 g/mol. The van der Waals surface area contributed by atoms with Gasteiger partial charge in [-0.2, -0.15) is 0 Å². The van der Waals surface area contributed by atoms with E-state index in [1.807, 2.05) is 42.5 Å². The van der Waals surface area contributed by atoms with Crippen LogP contribution >= 0.6 is 0 Å². The highest BCUT2D eigenvalue weighted by atomic mass is 16.6. The van der Waals surface area contributed by atoms with Gasteiger partial charge in [0.25, 0.3) is 0 Å². The summed E-state index contributed by atoms with van der Waals surface area (Å²) < 4.78 is 10.6. The van der Waals surface area contributed by atoms with Crippen molar-refractivity contribution in [2.45, 2.75) is 12.2 Å². The highest BCUT2D eigenvalue weighted by Gasteiger charge is 2.35. The minimum atomic E-state index is -0.927. The van der Waals surface area contributed by atoms with Crippen molar-refractivity contribution in [2.24, 2.45) is 0 Å². The molecule has 1 aliphatic rings. The molecule has 4 nitrogen and oxygen atoms in total. The van der Waals surface area contributed by atoms with Gasteiger partial charge < -0.3 is 14.6 Å². The van der Waals surface area contributed by atoms with Crippen LogP contribution in [0.1, 0.15) is 17.2 Å². The van der Waals surface area contributed by atoms with Gasteiger partial charge in [-0.05, 0) is 11.6 Å². The van der Waals surface area contributed by atoms with Gasteiger partial charge in [-0.3, -0.25) is 0 Å². The second-order valence-electron chi connectivity index (χ2n) is 5.01. The van der Waals surface area contributed by atoms with Crippen LogP contribution < -0.4 is 4.74 Å². The van der Waals surface area contributed by atoms with Crippen LogP contribution in [0.5, 0.6) is 5.75 Å². The zero-order valence-electron chi connectivity index (χ0n) is 12.1. The number of hydrogen-bond acceptors (Lipinski definition) is 4. The zero-order valence-corrected chi connectivity index (χ0v) is 12.1. The normalized spacial score (nSPS) is 18.5. The standard InChI is InChI=1S/C18H16O4/c1-21-15-10-6-5-9-13(15)14-11-16(19)22-18(14)17(20)12-7-3-2-4-8-12/h2-11,17-18,20H,1H3/t17-,18+/m1/s1. The van der Waals surface area contributed by atoms with Crippen molar-refractivity contribution in [3.63, 3.8) is 0 Å². The summed E-state index contributed by atoms with van der Waals surface area (Å²) in [6, 6.07) is 16.5. The Kier molecular flexibility index (Phi) is 3.94. The summed E-state index contributed by atoms with van der Waals surface area (Å²) in [6.07, 6.45) is -0.260. The van der Waals surface area contributed by atoms with E-state index in [-0.39, 0.29) is 0 Å². The molecule has 22 heavy (non-hydrogen) atoms. The predicted molar refractivity (Wildman–Crippen MR) is 82.3 cm³/mol. The molecule has 1 aliphatic heterocycles. The average Bonchev–Trinajstić information content (AvgIpc) is 2.96. The maximum Gasteiger partial charge on any atom is 0.331 e. The van der Waals surface area contributed by atoms with Crippen molar-refractivity contribution >= 4 is 11.5 Å². The molecule has 112 valence electrons. The molecule has 2 aromatic rings. The number of hydrogen-bond donors (Lipinski definition) is 1. The lowest BCUT2D eigenvalue weighted by molar-refractivity contribution is -0.142. The number of cyclic esters (lactones) is 1. The molecule has 0 aliphatic carbocycles. The van der Waals surface area contributed by atoms with Crippen molar-refractivity contribution in [1.82, 2.24) is 0 Å². The second kappa shape index (κ2) is 6.03. The largest absolute Gasteiger partial charge is 0.496 e. The second-order valence-corrected chi connectivity index (χ2v) is 5.01. The summed E-state index contributed by atoms with van der Waals surface area (Å²) in [4.78, 5) is 11.7. The number of carbonyl (C=O) groups excluding carboxylic acids is 1. The lowest BCUT2D eigenvalue weighted by Gasteiger charge is -2.22. The molecule has 3 rings (SSSR count). The lowest BCUT2D eigenvalue weighted by atomic mass is 9.93. The molecule has 0 amide bonds. The van der Waals surface area contributed by atoms with E-state index in [0.717, 1.165) is 5.56 Å². The molecule has 2 aromatic carbocycles. The van der Waals surface area contributed by atoms with Crippen LogP contribution in [0.15, 0.2) is 60.7 Å². The van der Waals surface area contributed by atoms with Crippen LogP contribution in [0.4, 0.5) is 0 Å². The van der Waals surface area contributed by atoms with Crippen molar-refractivity contribution in [3.05, 3.63) is 71.8 Å². The Morgan fingerprint density at radius 2 is 1.77 bits per heavy atom. The molecule has 0 bridgehead atoms. The maximum atomic E-state index is 11.7. The van der Waals surface area contributed by atoms with Gasteiger partial charge in [0, 0.05) is 17.2 Å². The third-order valence-corrected chi connectivity index (χ3v) is 3.67. The Hall–Kier alpha value is -2.59. The Bertz CT molecular complexity index is 706. The Balaban J connectivity index is 1.99. The summed E-state index contributed by atoms with van der Waals surface area (Å²) in [5, 5.41) is 10.6. The van der Waals surface area contributed by atoms with Gasteiger partial charge in [-0.15, -0.1) is 0 Å². The minimum absolute atomic E-state index is 0.458. The molecule has 0 aromatic heterocycles. The van der Waals surface area contributed by atoms with Gasteiger partial charge in [-0.25, -0.2) is 4.79 Å². The number of para-hydroxylation sites is 1. The van der Waals surface area contributed by atoms with Gasteiger partial charge in [0.05, 0.1) is 7.11 Å². The number of aliphatic hydroxyl groups is 1. The first-order valence-electron chi connectivity index (χ1n) is 6.99. The lowest BCUT2D eigenvalue weighted by Crippen LogP contribution is -2.21. The molecule has 4 heteroatoms. The first kappa shape index (κ1) is 14.4. The van der Waals surface area contributed by atoms with Gasteiger partial charge >= 0.3 is 5.97 Å². The molecule has 1 heterocycles. The number of aliphatic hydroxyl groups excluding tert-OH is 1. The number of ether oxygens (including phenoxy) is 2. The maximum absolute atomic E-state index is 11.7. The van der Waals surface area contributed by atoms with Crippen LogP contribution in [-0.4, -0.2) is 24.3 Å². The first-order chi connectivity index (χ1) is 10.7. The van der Waals surface area contributed by atoms with Crippen LogP contribution in [0.25, 0.3) is 5.57 Å². The van der Waals surface area contributed by atoms with E-state index in [2.05, 4.69) is 0 Å². The van der Waals surface area contributed by atoms with Crippen LogP contribution in [0.2, 0.25) is 0 Å². The molecule has 0 saturated heterocycles. The van der Waals surface area contributed by atoms with E-state index >= 15 is 0 Å². The highest BCUT2D eigenvalue weighted by molar-refractivity contribution is 5.98. The third kappa shape index (κ3) is 2.61. The van der Waals surface area contributed by atoms with E-state index < -0.39 is 18.2 Å². The number of methoxy groups -OCH3 is 1. The molecule has 0 radical (unpaired) electrons. The van der Waals surface area contributed by atoms with Gasteiger partial charge in [0.1, 0.15) is 11.9 Å². The van der Waals surface area contributed by atoms with Crippen LogP contribution in [0.3, 0.4) is 0 Å². The van der Waals surface area contributed by atoms with Crippen molar-refractivity contribution in [2.75, 3.05) is 7.11 Å². The van der Waals surface area contributed by atoms with Crippen molar-refractivity contribution < 1.29 is 19.4 Å². The van der Waals surface area contributed by atoms with Crippen molar-refractivity contribution in [3.8, 4) is 5.75 Å². The van der Waals surface area contributed by atoms with Crippen molar-refractivity contribution in [1.29, 1.82) is 0 Å². The Labute approximate surface area is 128 Å². The zero-order chi connectivity index (χ0) is 15.5. The first-order valence-corrected chi connectivity index (χ1v) is 6.99. The van der Waals surface area contributed by atoms with Gasteiger partial charge in [-0.1, -0.05) is 48.5 Å². The summed E-state index contributed by atoms with van der Waals surface area (Å²) >= 11 is 0. The number of esters is 1. The van der Waals surface area contributed by atoms with E-state index in [9.17, 15) is 9.90 Å². The topological polar surface area (TPSA) is 55.8 Å². The van der Waals surface area contributed by atoms with Gasteiger partial charge in [0.15, 0.2) is 6.10 Å². The van der Waals surface area contributed by atoms with E-state index in [4.69, 9.17) is 9.47 Å². The molecule has 0 fully saturated rings. The molecule has 0 spiro atoms. The fourth-order valence-electron chi connectivity index (χ4n) is 2.61. The molecular formula is C18H16O4. The number of rotatable bonds is 4. The SMILES string of the molecule is COc1ccccc1C1=CC(=O)O[C@@H]1[C@H](O)c1ccccc1. The van der Waals surface area contributed by atoms with Gasteiger partial charge in [0.2, 0.25) is 0 Å². The van der Waals surface area contributed by atoms with E-state index in [1.165, 1.54) is 6.08 Å². The quantitative estimate of drug-likeness (QED) is 0.881. The van der Waals surface area contributed by atoms with Crippen LogP contribution in [0, 0.1) is 0 Å². The Morgan fingerprint density at radius 3 is 2.50 bits per heavy atom. The minimum Gasteiger partial charge on any atom is -0.496 e. The molecule has 0 unspecified atom stereocenters. The smallest absolute Gasteiger partial charge is 0.331 e. The fourth-order valence-corrected chi connectivity index (χ4v) is 2.61. The number of carbonyl (C=O) groups is 1. The van der Waals surface area contributed by atoms with Crippen LogP contribution in [-0.2, 0) is 9.53 Å². The number of benzene rings is 2. The Morgan fingerprint density at radius 1 is 1.09 bits per heavy atom. The van der Waals surface area contributed by atoms with E-state index in [0.29, 0.717) is 16.9 Å². The summed E-state index contributed by atoms with van der Waals surface area (Å²) in [6.45, 7) is 0. The fraction of sp³-hybridized carbons (Fsp3) is 0.167. The summed E-state index contributed by atoms with van der Waals surface area (Å²) in [7, 11) is 1.57. The molecule has 2 atom stereocenters. The molecule has 1 N–H and O–H groups in total. The summed E-state index contributed by atoms with van der Waals surface area (Å²) in [5.74, 6) is 0.179. The van der Waals surface area contributed by atoms with E-state index in [1.54, 1.807) is 19.2 Å². The monoisotopic (exact) mass is 296 g/mol.